The van der Waals surface area contributed by atoms with Crippen molar-refractivity contribution in [3.8, 4) is 0 Å². The van der Waals surface area contributed by atoms with Crippen molar-refractivity contribution in [3.63, 3.8) is 0 Å². The normalized spacial score (nSPS) is 21.7. The number of amides is 1. The number of carbonyl (C=O) groups is 3. The first-order valence-electron chi connectivity index (χ1n) is 8.53. The average Bonchev–Trinajstić information content (AvgIpc) is 2.83. The number of nitrogens with zero attached hydrogens (tertiary/aromatic N) is 1. The van der Waals surface area contributed by atoms with Gasteiger partial charge in [-0.1, -0.05) is 24.6 Å². The number of ether oxygens (including phenoxy) is 1. The second kappa shape index (κ2) is 8.94. The predicted molar refractivity (Wildman–Crippen MR) is 98.0 cm³/mol. The number of anilines is 1. The van der Waals surface area contributed by atoms with Gasteiger partial charge in [0, 0.05) is 33.9 Å². The molecule has 0 spiro atoms. The van der Waals surface area contributed by atoms with Crippen molar-refractivity contribution in [3.05, 3.63) is 38.9 Å². The highest BCUT2D eigenvalue weighted by Gasteiger charge is 2.44. The number of aryl methyl sites for hydroxylation is 1. The van der Waals surface area contributed by atoms with Crippen LogP contribution in [0.25, 0.3) is 0 Å². The van der Waals surface area contributed by atoms with Gasteiger partial charge in [-0.15, -0.1) is 0 Å². The molecule has 9 heteroatoms. The molecule has 0 aromatic heterocycles. The molecule has 1 aliphatic rings. The molecule has 1 N–H and O–H groups in total. The van der Waals surface area contributed by atoms with E-state index in [0.717, 1.165) is 5.56 Å². The largest absolute Gasteiger partial charge is 0.456 e. The zero-order chi connectivity index (χ0) is 20.1. The Hall–Kier alpha value is -2.48. The van der Waals surface area contributed by atoms with E-state index in [2.05, 4.69) is 5.32 Å². The highest BCUT2D eigenvalue weighted by molar-refractivity contribution is 6.31. The van der Waals surface area contributed by atoms with Gasteiger partial charge in [-0.05, 0) is 30.5 Å². The first kappa shape index (κ1) is 20.8. The maximum Gasteiger partial charge on any atom is 0.307 e. The van der Waals surface area contributed by atoms with Crippen molar-refractivity contribution < 1.29 is 24.0 Å². The van der Waals surface area contributed by atoms with E-state index in [4.69, 9.17) is 16.3 Å². The van der Waals surface area contributed by atoms with Crippen LogP contribution in [0.2, 0.25) is 5.02 Å². The van der Waals surface area contributed by atoms with E-state index in [9.17, 15) is 24.5 Å². The Labute approximate surface area is 161 Å². The van der Waals surface area contributed by atoms with Crippen LogP contribution in [0.4, 0.5) is 5.69 Å². The van der Waals surface area contributed by atoms with Crippen molar-refractivity contribution >= 4 is 34.9 Å². The zero-order valence-electron chi connectivity index (χ0n) is 15.1. The van der Waals surface area contributed by atoms with Gasteiger partial charge < -0.3 is 10.1 Å². The van der Waals surface area contributed by atoms with Crippen molar-refractivity contribution in [2.75, 3.05) is 18.5 Å². The fourth-order valence-corrected chi connectivity index (χ4v) is 3.43. The lowest BCUT2D eigenvalue weighted by atomic mass is 9.88. The summed E-state index contributed by atoms with van der Waals surface area (Å²) in [4.78, 5) is 46.2. The average molecular weight is 397 g/mol. The summed E-state index contributed by atoms with van der Waals surface area (Å²) in [6, 6.07) is 4.99. The molecule has 0 radical (unpaired) electrons. The minimum absolute atomic E-state index is 0.157. The van der Waals surface area contributed by atoms with E-state index in [-0.39, 0.29) is 31.1 Å². The molecule has 2 rings (SSSR count). The predicted octanol–water partition coefficient (Wildman–Crippen LogP) is 2.64. The Morgan fingerprint density at radius 3 is 2.74 bits per heavy atom. The third-order valence-corrected chi connectivity index (χ3v) is 5.16. The maximum atomic E-state index is 12.0. The molecule has 0 unspecified atom stereocenters. The van der Waals surface area contributed by atoms with Gasteiger partial charge in [-0.25, -0.2) is 0 Å². The second-order valence-electron chi connectivity index (χ2n) is 6.81. The quantitative estimate of drug-likeness (QED) is 0.430. The Morgan fingerprint density at radius 2 is 2.11 bits per heavy atom. The van der Waals surface area contributed by atoms with Gasteiger partial charge in [0.1, 0.15) is 5.78 Å². The lowest BCUT2D eigenvalue weighted by Gasteiger charge is -2.17. The number of hydrogen-bond acceptors (Lipinski definition) is 6. The molecular weight excluding hydrogens is 376 g/mol. The summed E-state index contributed by atoms with van der Waals surface area (Å²) in [5, 5.41) is 13.8. The summed E-state index contributed by atoms with van der Waals surface area (Å²) in [6.07, 6.45) is -0.0452. The minimum atomic E-state index is -0.739. The lowest BCUT2D eigenvalue weighted by molar-refractivity contribution is -0.490. The van der Waals surface area contributed by atoms with Crippen LogP contribution in [-0.4, -0.2) is 35.7 Å². The Balaban J connectivity index is 1.85. The van der Waals surface area contributed by atoms with Crippen LogP contribution in [0.5, 0.6) is 0 Å². The molecule has 0 saturated heterocycles. The number of nitro groups is 1. The first-order valence-corrected chi connectivity index (χ1v) is 8.91. The molecule has 1 aliphatic carbocycles. The SMILES string of the molecule is Cc1ccc(NC(=O)COC(=O)C[C@@H]2C(=O)C[C@@H](C)[C@@H]2C[N+](=O)[O-])cc1Cl. The number of nitrogens with one attached hydrogen (secondary N) is 1. The summed E-state index contributed by atoms with van der Waals surface area (Å²) in [5.74, 6) is -2.84. The molecule has 3 atom stereocenters. The highest BCUT2D eigenvalue weighted by atomic mass is 35.5. The van der Waals surface area contributed by atoms with E-state index >= 15 is 0 Å². The molecule has 146 valence electrons. The third kappa shape index (κ3) is 5.75. The van der Waals surface area contributed by atoms with Crippen LogP contribution in [0, 0.1) is 34.8 Å². The van der Waals surface area contributed by atoms with Crippen molar-refractivity contribution in [1.29, 1.82) is 0 Å². The number of rotatable bonds is 7. The minimum Gasteiger partial charge on any atom is -0.456 e. The first-order chi connectivity index (χ1) is 12.7. The third-order valence-electron chi connectivity index (χ3n) is 4.75. The van der Waals surface area contributed by atoms with Gasteiger partial charge in [0.25, 0.3) is 5.91 Å². The number of Topliss-reactive ketones (excluding diaryl/α,β-unsaturated/α-hetero) is 1. The van der Waals surface area contributed by atoms with Crippen LogP contribution in [0.15, 0.2) is 18.2 Å². The van der Waals surface area contributed by atoms with E-state index in [1.807, 2.05) is 6.92 Å². The van der Waals surface area contributed by atoms with E-state index in [1.165, 1.54) is 0 Å². The second-order valence-corrected chi connectivity index (χ2v) is 7.22. The van der Waals surface area contributed by atoms with Crippen LogP contribution in [0.1, 0.15) is 25.3 Å². The van der Waals surface area contributed by atoms with Crippen LogP contribution < -0.4 is 5.32 Å². The summed E-state index contributed by atoms with van der Waals surface area (Å²) < 4.78 is 4.92. The highest BCUT2D eigenvalue weighted by Crippen LogP contribution is 2.36. The number of esters is 1. The smallest absolute Gasteiger partial charge is 0.307 e. The van der Waals surface area contributed by atoms with Gasteiger partial charge in [0.15, 0.2) is 6.61 Å². The molecular formula is C18H21ClN2O6. The molecule has 0 bridgehead atoms. The zero-order valence-corrected chi connectivity index (χ0v) is 15.8. The van der Waals surface area contributed by atoms with Crippen LogP contribution in [0.3, 0.4) is 0 Å². The molecule has 1 fully saturated rings. The Kier molecular flexibility index (Phi) is 6.90. The standard InChI is InChI=1S/C18H21ClN2O6/c1-10-3-4-12(6-15(10)19)20-17(23)9-27-18(24)7-13-14(8-21(25)26)11(2)5-16(13)22/h3-4,6,11,13-14H,5,7-9H2,1-2H3,(H,20,23)/t11-,13+,14+/m1/s1. The molecule has 8 nitrogen and oxygen atoms in total. The maximum absolute atomic E-state index is 12.0. The molecule has 1 aromatic carbocycles. The Bertz CT molecular complexity index is 766. The van der Waals surface area contributed by atoms with Crippen molar-refractivity contribution in [1.82, 2.24) is 0 Å². The topological polar surface area (TPSA) is 116 Å². The van der Waals surface area contributed by atoms with Gasteiger partial charge >= 0.3 is 5.97 Å². The van der Waals surface area contributed by atoms with Gasteiger partial charge in [0.2, 0.25) is 6.54 Å². The van der Waals surface area contributed by atoms with Gasteiger partial charge in [-0.2, -0.15) is 0 Å². The fourth-order valence-electron chi connectivity index (χ4n) is 3.25. The fraction of sp³-hybridized carbons (Fsp3) is 0.500. The summed E-state index contributed by atoms with van der Waals surface area (Å²) in [6.45, 7) is 2.71. The summed E-state index contributed by atoms with van der Waals surface area (Å²) >= 11 is 5.98. The number of hydrogen-bond donors (Lipinski definition) is 1. The summed E-state index contributed by atoms with van der Waals surface area (Å²) in [5.41, 5.74) is 1.33. The molecule has 1 aromatic rings. The molecule has 1 saturated carbocycles. The van der Waals surface area contributed by atoms with Gasteiger partial charge in [0.05, 0.1) is 6.42 Å². The molecule has 0 aliphatic heterocycles. The van der Waals surface area contributed by atoms with Crippen molar-refractivity contribution in [2.24, 2.45) is 17.8 Å². The monoisotopic (exact) mass is 396 g/mol. The van der Waals surface area contributed by atoms with Crippen LogP contribution in [-0.2, 0) is 19.1 Å². The van der Waals surface area contributed by atoms with Crippen molar-refractivity contribution in [2.45, 2.75) is 26.7 Å². The van der Waals surface area contributed by atoms with E-state index < -0.39 is 35.2 Å². The lowest BCUT2D eigenvalue weighted by Crippen LogP contribution is -2.28. The number of benzene rings is 1. The molecule has 27 heavy (non-hydrogen) atoms. The summed E-state index contributed by atoms with van der Waals surface area (Å²) in [7, 11) is 0. The van der Waals surface area contributed by atoms with E-state index in [0.29, 0.717) is 10.7 Å². The molecule has 0 heterocycles. The Morgan fingerprint density at radius 1 is 1.41 bits per heavy atom. The molecule has 1 amide bonds. The van der Waals surface area contributed by atoms with Gasteiger partial charge in [-0.3, -0.25) is 24.5 Å². The number of carbonyl (C=O) groups excluding carboxylic acids is 3. The number of halogens is 1. The number of ketones is 1. The van der Waals surface area contributed by atoms with Crippen LogP contribution >= 0.6 is 11.6 Å². The van der Waals surface area contributed by atoms with E-state index in [1.54, 1.807) is 25.1 Å².